The van der Waals surface area contributed by atoms with Crippen LogP contribution in [0.2, 0.25) is 0 Å². The largest absolute Gasteiger partial charge is 0.508 e. The number of nitrogens with two attached hydrogens (primary N) is 1. The lowest BCUT2D eigenvalue weighted by Gasteiger charge is -2.34. The van der Waals surface area contributed by atoms with Crippen molar-refractivity contribution in [1.82, 2.24) is 0 Å². The van der Waals surface area contributed by atoms with Crippen molar-refractivity contribution in [3.05, 3.63) is 28.2 Å². The van der Waals surface area contributed by atoms with Gasteiger partial charge >= 0.3 is 0 Å². The van der Waals surface area contributed by atoms with Gasteiger partial charge in [-0.3, -0.25) is 0 Å². The Hall–Kier alpha value is -0.290. The lowest BCUT2D eigenvalue weighted by atomic mass is 9.77. The van der Waals surface area contributed by atoms with Gasteiger partial charge in [0.25, 0.3) is 0 Å². The van der Waals surface area contributed by atoms with Crippen LogP contribution >= 0.6 is 28.3 Å². The Kier molecular flexibility index (Phi) is 5.25. The normalized spacial score (nSPS) is 19.0. The molecular formula is C12H17BrClNO2. The van der Waals surface area contributed by atoms with Gasteiger partial charge in [-0.05, 0) is 30.9 Å². The molecule has 0 heterocycles. The highest BCUT2D eigenvalue weighted by Gasteiger charge is 2.31. The Bertz CT molecular complexity index is 385. The summed E-state index contributed by atoms with van der Waals surface area (Å²) in [5, 5.41) is 19.8. The molecule has 0 spiro atoms. The van der Waals surface area contributed by atoms with E-state index in [1.807, 2.05) is 6.07 Å². The summed E-state index contributed by atoms with van der Waals surface area (Å²) in [5.41, 5.74) is 6.59. The molecule has 3 nitrogen and oxygen atoms in total. The van der Waals surface area contributed by atoms with Crippen molar-refractivity contribution in [3.8, 4) is 5.75 Å². The molecule has 2 atom stereocenters. The van der Waals surface area contributed by atoms with Crippen LogP contribution in [0, 0.1) is 5.92 Å². The van der Waals surface area contributed by atoms with Crippen LogP contribution in [-0.2, 0) is 0 Å². The highest BCUT2D eigenvalue weighted by Crippen LogP contribution is 2.36. The average molecular weight is 323 g/mol. The average Bonchev–Trinajstić information content (AvgIpc) is 2.14. The number of phenolic OH excluding ortho intramolecular Hbond substituents is 1. The summed E-state index contributed by atoms with van der Waals surface area (Å²) < 4.78 is 0.805. The maximum atomic E-state index is 10.0. The topological polar surface area (TPSA) is 66.5 Å². The van der Waals surface area contributed by atoms with Crippen LogP contribution in [0.25, 0.3) is 0 Å². The molecule has 0 bridgehead atoms. The predicted octanol–water partition coefficient (Wildman–Crippen LogP) is 2.74. The molecule has 96 valence electrons. The zero-order valence-corrected chi connectivity index (χ0v) is 11.7. The zero-order chi connectivity index (χ0) is 11.7. The molecule has 1 aliphatic carbocycles. The molecule has 1 fully saturated rings. The minimum Gasteiger partial charge on any atom is -0.508 e. The Morgan fingerprint density at radius 2 is 2.00 bits per heavy atom. The van der Waals surface area contributed by atoms with E-state index in [4.69, 9.17) is 5.73 Å². The van der Waals surface area contributed by atoms with Crippen LogP contribution in [0.4, 0.5) is 0 Å². The molecule has 0 amide bonds. The number of benzene rings is 1. The third-order valence-electron chi connectivity index (χ3n) is 3.35. The van der Waals surface area contributed by atoms with Gasteiger partial charge in [-0.1, -0.05) is 28.4 Å². The fourth-order valence-electron chi connectivity index (χ4n) is 2.06. The molecule has 0 radical (unpaired) electrons. The summed E-state index contributed by atoms with van der Waals surface area (Å²) >= 11 is 3.27. The summed E-state index contributed by atoms with van der Waals surface area (Å²) in [7, 11) is 0. The molecule has 0 aromatic heterocycles. The molecule has 5 heteroatoms. The molecule has 0 aliphatic heterocycles. The monoisotopic (exact) mass is 321 g/mol. The fourth-order valence-corrected chi connectivity index (χ4v) is 2.41. The summed E-state index contributed by atoms with van der Waals surface area (Å²) in [5.74, 6) is 0.429. The lowest BCUT2D eigenvalue weighted by Crippen LogP contribution is -2.36. The van der Waals surface area contributed by atoms with Gasteiger partial charge in [-0.25, -0.2) is 0 Å². The van der Waals surface area contributed by atoms with Crippen LogP contribution in [0.15, 0.2) is 22.7 Å². The van der Waals surface area contributed by atoms with Crippen LogP contribution in [0.5, 0.6) is 5.75 Å². The van der Waals surface area contributed by atoms with Crippen LogP contribution in [-0.4, -0.2) is 16.3 Å². The van der Waals surface area contributed by atoms with E-state index in [-0.39, 0.29) is 24.1 Å². The first-order chi connectivity index (χ1) is 7.59. The van der Waals surface area contributed by atoms with Crippen molar-refractivity contribution in [2.45, 2.75) is 31.4 Å². The quantitative estimate of drug-likeness (QED) is 0.801. The second-order valence-electron chi connectivity index (χ2n) is 4.41. The van der Waals surface area contributed by atoms with Crippen molar-refractivity contribution in [2.24, 2.45) is 11.7 Å². The molecule has 1 aromatic rings. The molecule has 1 aliphatic rings. The van der Waals surface area contributed by atoms with Gasteiger partial charge in [-0.15, -0.1) is 12.4 Å². The van der Waals surface area contributed by atoms with Gasteiger partial charge in [0.2, 0.25) is 0 Å². The minimum atomic E-state index is -0.555. The molecule has 1 aromatic carbocycles. The van der Waals surface area contributed by atoms with Gasteiger partial charge in [0.1, 0.15) is 5.75 Å². The number of aliphatic hydroxyl groups excluding tert-OH is 1. The second-order valence-corrected chi connectivity index (χ2v) is 5.33. The van der Waals surface area contributed by atoms with E-state index in [1.165, 1.54) is 6.42 Å². The van der Waals surface area contributed by atoms with Crippen LogP contribution < -0.4 is 5.73 Å². The first kappa shape index (κ1) is 14.8. The van der Waals surface area contributed by atoms with Crippen molar-refractivity contribution >= 4 is 28.3 Å². The highest BCUT2D eigenvalue weighted by molar-refractivity contribution is 9.10. The lowest BCUT2D eigenvalue weighted by molar-refractivity contribution is 0.0407. The Labute approximate surface area is 116 Å². The number of rotatable bonds is 3. The number of hydrogen-bond donors (Lipinski definition) is 3. The van der Waals surface area contributed by atoms with E-state index < -0.39 is 12.1 Å². The Morgan fingerprint density at radius 3 is 2.47 bits per heavy atom. The molecule has 17 heavy (non-hydrogen) atoms. The number of hydrogen-bond acceptors (Lipinski definition) is 3. The molecule has 1 saturated carbocycles. The summed E-state index contributed by atoms with van der Waals surface area (Å²) in [6, 6.07) is 4.68. The van der Waals surface area contributed by atoms with Crippen molar-refractivity contribution in [1.29, 1.82) is 0 Å². The number of aromatic hydroxyl groups is 1. The fraction of sp³-hybridized carbons (Fsp3) is 0.500. The first-order valence-electron chi connectivity index (χ1n) is 5.51. The first-order valence-corrected chi connectivity index (χ1v) is 6.31. The molecular weight excluding hydrogens is 305 g/mol. The summed E-state index contributed by atoms with van der Waals surface area (Å²) in [6.07, 6.45) is 2.68. The van der Waals surface area contributed by atoms with Crippen molar-refractivity contribution in [3.63, 3.8) is 0 Å². The molecule has 4 N–H and O–H groups in total. The van der Waals surface area contributed by atoms with E-state index in [0.717, 1.165) is 17.3 Å². The molecule has 0 saturated heterocycles. The van der Waals surface area contributed by atoms with Crippen LogP contribution in [0.3, 0.4) is 0 Å². The Balaban J connectivity index is 0.00000144. The van der Waals surface area contributed by atoms with Gasteiger partial charge in [-0.2, -0.15) is 0 Å². The smallest absolute Gasteiger partial charge is 0.121 e. The minimum absolute atomic E-state index is 0. The molecule has 2 rings (SSSR count). The van der Waals surface area contributed by atoms with E-state index in [2.05, 4.69) is 15.9 Å². The van der Waals surface area contributed by atoms with E-state index in [9.17, 15) is 10.2 Å². The van der Waals surface area contributed by atoms with Gasteiger partial charge in [0.15, 0.2) is 0 Å². The third kappa shape index (κ3) is 3.13. The maximum absolute atomic E-state index is 10.0. The highest BCUT2D eigenvalue weighted by atomic mass is 79.9. The Morgan fingerprint density at radius 1 is 1.35 bits per heavy atom. The van der Waals surface area contributed by atoms with Gasteiger partial charge in [0, 0.05) is 10.0 Å². The van der Waals surface area contributed by atoms with Gasteiger partial charge < -0.3 is 15.9 Å². The summed E-state index contributed by atoms with van der Waals surface area (Å²) in [4.78, 5) is 0. The van der Waals surface area contributed by atoms with E-state index in [0.29, 0.717) is 5.56 Å². The predicted molar refractivity (Wildman–Crippen MR) is 73.3 cm³/mol. The molecule has 0 unspecified atom stereocenters. The standard InChI is InChI=1S/C12H16BrNO2.ClH/c13-8-4-5-9(10(15)6-8)11(14)12(16)7-2-1-3-7;/h4-7,11-12,15-16H,1-3,14H2;1H/t11-,12+;/m1./s1. The van der Waals surface area contributed by atoms with E-state index >= 15 is 0 Å². The SMILES string of the molecule is Cl.N[C@H](c1ccc(Br)cc1O)[C@@H](O)C1CCC1. The third-order valence-corrected chi connectivity index (χ3v) is 3.85. The zero-order valence-electron chi connectivity index (χ0n) is 9.34. The second kappa shape index (κ2) is 6.05. The van der Waals surface area contributed by atoms with Crippen molar-refractivity contribution in [2.75, 3.05) is 0 Å². The number of phenols is 1. The van der Waals surface area contributed by atoms with E-state index in [1.54, 1.807) is 12.1 Å². The number of aliphatic hydroxyl groups is 1. The van der Waals surface area contributed by atoms with Crippen molar-refractivity contribution < 1.29 is 10.2 Å². The summed E-state index contributed by atoms with van der Waals surface area (Å²) in [6.45, 7) is 0. The maximum Gasteiger partial charge on any atom is 0.121 e. The van der Waals surface area contributed by atoms with Gasteiger partial charge in [0.05, 0.1) is 12.1 Å². The van der Waals surface area contributed by atoms with Crippen LogP contribution in [0.1, 0.15) is 30.9 Å². The number of halogens is 2.